The average molecular weight is 272 g/mol. The summed E-state index contributed by atoms with van der Waals surface area (Å²) in [5, 5.41) is 17.7. The van der Waals surface area contributed by atoms with Crippen LogP contribution >= 0.6 is 0 Å². The summed E-state index contributed by atoms with van der Waals surface area (Å²) in [7, 11) is 0. The highest BCUT2D eigenvalue weighted by Crippen LogP contribution is 2.13. The van der Waals surface area contributed by atoms with Crippen molar-refractivity contribution in [1.29, 1.82) is 0 Å². The van der Waals surface area contributed by atoms with E-state index in [2.05, 4.69) is 37.6 Å². The number of hydrogen-bond acceptors (Lipinski definition) is 6. The molecule has 0 aliphatic heterocycles. The van der Waals surface area contributed by atoms with Gasteiger partial charge in [0.15, 0.2) is 6.33 Å². The summed E-state index contributed by atoms with van der Waals surface area (Å²) < 4.78 is 0. The third-order valence-corrected chi connectivity index (χ3v) is 2.69. The number of carbonyl (C=O) groups excluding carboxylic acids is 1. The van der Waals surface area contributed by atoms with Gasteiger partial charge in [0.2, 0.25) is 11.7 Å². The summed E-state index contributed by atoms with van der Waals surface area (Å²) in [4.78, 5) is 15.8. The molecular formula is C13H16N6O. The third kappa shape index (κ3) is 4.04. The molecule has 0 aliphatic carbocycles. The Bertz CT molecular complexity index is 543. The molecule has 0 fully saturated rings. The van der Waals surface area contributed by atoms with Crippen molar-refractivity contribution in [3.05, 3.63) is 24.7 Å². The fourth-order valence-corrected chi connectivity index (χ4v) is 1.67. The van der Waals surface area contributed by atoms with Crippen LogP contribution in [-0.4, -0.2) is 31.3 Å². The lowest BCUT2D eigenvalue weighted by atomic mass is 10.2. The third-order valence-electron chi connectivity index (χ3n) is 2.69. The second-order valence-corrected chi connectivity index (χ2v) is 4.31. The van der Waals surface area contributed by atoms with E-state index in [1.807, 2.05) is 0 Å². The molecule has 2 aromatic heterocycles. The molecule has 0 aliphatic rings. The molecule has 0 radical (unpaired) electrons. The minimum atomic E-state index is 0.00675. The number of unbranched alkanes of at least 4 members (excludes halogenated alkanes) is 2. The number of nitrogens with one attached hydrogen (secondary N) is 1. The molecule has 0 saturated heterocycles. The topological polar surface area (TPSA) is 93.6 Å². The summed E-state index contributed by atoms with van der Waals surface area (Å²) in [6.45, 7) is 2.11. The maximum atomic E-state index is 11.7. The molecule has 2 aromatic rings. The van der Waals surface area contributed by atoms with Gasteiger partial charge in [-0.25, -0.2) is 0 Å². The zero-order valence-corrected chi connectivity index (χ0v) is 11.3. The van der Waals surface area contributed by atoms with Crippen molar-refractivity contribution in [3.8, 4) is 11.5 Å². The maximum absolute atomic E-state index is 11.7. The van der Waals surface area contributed by atoms with E-state index in [1.165, 1.54) is 6.33 Å². The number of nitrogens with zero attached hydrogens (tertiary/aromatic N) is 5. The molecule has 7 heteroatoms. The summed E-state index contributed by atoms with van der Waals surface area (Å²) in [5.74, 6) is 0.362. The molecule has 104 valence electrons. The van der Waals surface area contributed by atoms with E-state index >= 15 is 0 Å². The number of rotatable bonds is 6. The second kappa shape index (κ2) is 7.22. The van der Waals surface area contributed by atoms with E-state index in [9.17, 15) is 4.79 Å². The standard InChI is InChI=1S/C13H16N6O/c1-2-3-4-5-12(20)17-10-6-7-11(14-8-10)13-18-15-9-16-19-13/h6-9H,2-5H2,1H3,(H,17,20). The Labute approximate surface area is 116 Å². The van der Waals surface area contributed by atoms with Gasteiger partial charge in [0.05, 0.1) is 11.9 Å². The van der Waals surface area contributed by atoms with Crippen molar-refractivity contribution in [1.82, 2.24) is 25.4 Å². The number of anilines is 1. The van der Waals surface area contributed by atoms with Crippen LogP contribution in [0.4, 0.5) is 5.69 Å². The van der Waals surface area contributed by atoms with Gasteiger partial charge in [-0.1, -0.05) is 19.8 Å². The first-order chi connectivity index (χ1) is 9.79. The fraction of sp³-hybridized carbons (Fsp3) is 0.385. The molecule has 2 heterocycles. The van der Waals surface area contributed by atoms with E-state index in [4.69, 9.17) is 0 Å². The Hall–Kier alpha value is -2.44. The molecule has 7 nitrogen and oxygen atoms in total. The Balaban J connectivity index is 1.93. The van der Waals surface area contributed by atoms with Crippen LogP contribution in [0.3, 0.4) is 0 Å². The molecule has 0 atom stereocenters. The first kappa shape index (κ1) is 14.0. The normalized spacial score (nSPS) is 10.2. The first-order valence-corrected chi connectivity index (χ1v) is 6.56. The lowest BCUT2D eigenvalue weighted by molar-refractivity contribution is -0.116. The quantitative estimate of drug-likeness (QED) is 0.806. The number of carbonyl (C=O) groups is 1. The number of amides is 1. The van der Waals surface area contributed by atoms with Gasteiger partial charge in [0.25, 0.3) is 0 Å². The minimum absolute atomic E-state index is 0.00675. The summed E-state index contributed by atoms with van der Waals surface area (Å²) in [5.41, 5.74) is 1.22. The van der Waals surface area contributed by atoms with Crippen molar-refractivity contribution >= 4 is 11.6 Å². The van der Waals surface area contributed by atoms with Crippen molar-refractivity contribution in [2.24, 2.45) is 0 Å². The molecule has 1 amide bonds. The molecule has 0 unspecified atom stereocenters. The second-order valence-electron chi connectivity index (χ2n) is 4.31. The predicted octanol–water partition coefficient (Wildman–Crippen LogP) is 1.85. The zero-order chi connectivity index (χ0) is 14.2. The number of hydrogen-bond donors (Lipinski definition) is 1. The molecule has 2 rings (SSSR count). The zero-order valence-electron chi connectivity index (χ0n) is 11.3. The van der Waals surface area contributed by atoms with Crippen LogP contribution in [0.1, 0.15) is 32.6 Å². The largest absolute Gasteiger partial charge is 0.325 e. The summed E-state index contributed by atoms with van der Waals surface area (Å²) in [6.07, 6.45) is 6.44. The van der Waals surface area contributed by atoms with Crippen LogP contribution in [0.5, 0.6) is 0 Å². The highest BCUT2D eigenvalue weighted by Gasteiger charge is 2.05. The molecule has 0 saturated carbocycles. The average Bonchev–Trinajstić information content (AvgIpc) is 2.49. The van der Waals surface area contributed by atoms with Gasteiger partial charge in [-0.3, -0.25) is 9.78 Å². The molecule has 20 heavy (non-hydrogen) atoms. The van der Waals surface area contributed by atoms with Gasteiger partial charge in [-0.2, -0.15) is 0 Å². The van der Waals surface area contributed by atoms with Crippen molar-refractivity contribution < 1.29 is 4.79 Å². The number of aromatic nitrogens is 5. The molecule has 0 aromatic carbocycles. The van der Waals surface area contributed by atoms with Crippen LogP contribution < -0.4 is 5.32 Å². The van der Waals surface area contributed by atoms with E-state index in [-0.39, 0.29) is 5.91 Å². The van der Waals surface area contributed by atoms with E-state index in [0.29, 0.717) is 23.6 Å². The molecule has 1 N–H and O–H groups in total. The molecular weight excluding hydrogens is 256 g/mol. The van der Waals surface area contributed by atoms with Crippen LogP contribution in [-0.2, 0) is 4.79 Å². The van der Waals surface area contributed by atoms with Crippen LogP contribution in [0.15, 0.2) is 24.7 Å². The van der Waals surface area contributed by atoms with E-state index < -0.39 is 0 Å². The van der Waals surface area contributed by atoms with Crippen molar-refractivity contribution in [2.75, 3.05) is 5.32 Å². The van der Waals surface area contributed by atoms with Gasteiger partial charge in [-0.05, 0) is 18.6 Å². The van der Waals surface area contributed by atoms with E-state index in [0.717, 1.165) is 19.3 Å². The SMILES string of the molecule is CCCCCC(=O)Nc1ccc(-c2nncnn2)nc1. The lowest BCUT2D eigenvalue weighted by Gasteiger charge is -2.05. The van der Waals surface area contributed by atoms with Crippen molar-refractivity contribution in [3.63, 3.8) is 0 Å². The highest BCUT2D eigenvalue weighted by atomic mass is 16.1. The molecule has 0 spiro atoms. The Morgan fingerprint density at radius 1 is 1.20 bits per heavy atom. The van der Waals surface area contributed by atoms with Crippen LogP contribution in [0.25, 0.3) is 11.5 Å². The minimum Gasteiger partial charge on any atom is -0.325 e. The van der Waals surface area contributed by atoms with Gasteiger partial charge in [0, 0.05) is 6.42 Å². The van der Waals surface area contributed by atoms with Gasteiger partial charge >= 0.3 is 0 Å². The maximum Gasteiger partial charge on any atom is 0.224 e. The first-order valence-electron chi connectivity index (χ1n) is 6.56. The van der Waals surface area contributed by atoms with E-state index in [1.54, 1.807) is 18.3 Å². The van der Waals surface area contributed by atoms with Gasteiger partial charge in [-0.15, -0.1) is 20.4 Å². The van der Waals surface area contributed by atoms with Crippen LogP contribution in [0.2, 0.25) is 0 Å². The van der Waals surface area contributed by atoms with Crippen molar-refractivity contribution in [2.45, 2.75) is 32.6 Å². The monoisotopic (exact) mass is 272 g/mol. The van der Waals surface area contributed by atoms with Gasteiger partial charge < -0.3 is 5.32 Å². The fourth-order valence-electron chi connectivity index (χ4n) is 1.67. The lowest BCUT2D eigenvalue weighted by Crippen LogP contribution is -2.11. The molecule has 0 bridgehead atoms. The summed E-state index contributed by atoms with van der Waals surface area (Å²) in [6, 6.07) is 3.48. The predicted molar refractivity (Wildman–Crippen MR) is 73.6 cm³/mol. The number of pyridine rings is 1. The smallest absolute Gasteiger partial charge is 0.224 e. The Morgan fingerprint density at radius 3 is 2.65 bits per heavy atom. The van der Waals surface area contributed by atoms with Gasteiger partial charge in [0.1, 0.15) is 5.69 Å². The summed E-state index contributed by atoms with van der Waals surface area (Å²) >= 11 is 0. The van der Waals surface area contributed by atoms with Crippen LogP contribution in [0, 0.1) is 0 Å². The highest BCUT2D eigenvalue weighted by molar-refractivity contribution is 5.90. The Morgan fingerprint density at radius 2 is 2.00 bits per heavy atom. The Kier molecular flexibility index (Phi) is 5.05.